The molecule has 8 nitrogen and oxygen atoms in total. The number of rotatable bonds is 9. The van der Waals surface area contributed by atoms with Gasteiger partial charge in [0.05, 0.1) is 18.3 Å². The highest BCUT2D eigenvalue weighted by Gasteiger charge is 2.35. The number of nitrogens with one attached hydrogen (secondary N) is 3. The molecule has 2 fully saturated rings. The number of aromatic nitrogens is 2. The predicted molar refractivity (Wildman–Crippen MR) is 148 cm³/mol. The van der Waals surface area contributed by atoms with Gasteiger partial charge in [0, 0.05) is 29.2 Å². The molecule has 1 aliphatic carbocycles. The van der Waals surface area contributed by atoms with Gasteiger partial charge in [0.15, 0.2) is 11.5 Å². The molecular weight excluding hydrogens is 472 g/mol. The average molecular weight is 513 g/mol. The summed E-state index contributed by atoms with van der Waals surface area (Å²) >= 11 is 1.54. The van der Waals surface area contributed by atoms with E-state index < -0.39 is 5.54 Å². The fourth-order valence-corrected chi connectivity index (χ4v) is 5.15. The van der Waals surface area contributed by atoms with Gasteiger partial charge in [-0.2, -0.15) is 0 Å². The van der Waals surface area contributed by atoms with Crippen LogP contribution in [-0.4, -0.2) is 51.8 Å². The quantitative estimate of drug-likeness (QED) is 0.351. The van der Waals surface area contributed by atoms with Crippen molar-refractivity contribution in [3.8, 4) is 0 Å². The fourth-order valence-electron chi connectivity index (χ4n) is 4.40. The minimum Gasteiger partial charge on any atom is -0.394 e. The molecule has 1 aliphatic heterocycles. The normalized spacial score (nSPS) is 17.2. The summed E-state index contributed by atoms with van der Waals surface area (Å²) in [5.74, 6) is 2.54. The lowest BCUT2D eigenvalue weighted by molar-refractivity contribution is 0.102. The van der Waals surface area contributed by atoms with Crippen LogP contribution in [0, 0.1) is 11.8 Å². The topological polar surface area (TPSA) is 102 Å². The van der Waals surface area contributed by atoms with Crippen molar-refractivity contribution in [2.45, 2.75) is 76.3 Å². The first-order chi connectivity index (χ1) is 17.0. The van der Waals surface area contributed by atoms with Crippen LogP contribution in [0.5, 0.6) is 0 Å². The van der Waals surface area contributed by atoms with Gasteiger partial charge in [-0.3, -0.25) is 9.52 Å². The molecule has 0 radical (unpaired) electrons. The lowest BCUT2D eigenvalue weighted by Gasteiger charge is -2.34. The van der Waals surface area contributed by atoms with Crippen LogP contribution in [0.3, 0.4) is 0 Å². The van der Waals surface area contributed by atoms with Crippen LogP contribution in [0.4, 0.5) is 17.3 Å². The number of hydrogen-bond donors (Lipinski definition) is 4. The number of anilines is 3. The maximum Gasteiger partial charge on any atom is 0.278 e. The molecule has 196 valence electrons. The highest BCUT2D eigenvalue weighted by molar-refractivity contribution is 7.97. The van der Waals surface area contributed by atoms with Crippen molar-refractivity contribution in [1.29, 1.82) is 0 Å². The van der Waals surface area contributed by atoms with Gasteiger partial charge >= 0.3 is 0 Å². The first-order valence-electron chi connectivity index (χ1n) is 12.9. The van der Waals surface area contributed by atoms with Crippen molar-refractivity contribution in [2.24, 2.45) is 11.8 Å². The second-order valence-electron chi connectivity index (χ2n) is 11.7. The molecule has 4 rings (SSSR count). The molecule has 36 heavy (non-hydrogen) atoms. The minimum atomic E-state index is -0.548. The molecule has 1 saturated carbocycles. The van der Waals surface area contributed by atoms with Crippen LogP contribution >= 0.6 is 11.9 Å². The second-order valence-corrected chi connectivity index (χ2v) is 12.6. The number of carbonyl (C=O) groups is 1. The summed E-state index contributed by atoms with van der Waals surface area (Å²) in [5.41, 5.74) is 0.456. The molecule has 0 spiro atoms. The summed E-state index contributed by atoms with van der Waals surface area (Å²) in [6.07, 6.45) is 6.53. The molecule has 2 aromatic rings. The van der Waals surface area contributed by atoms with Crippen LogP contribution in [-0.2, 0) is 0 Å². The number of aliphatic hydroxyl groups excluding tert-OH is 1. The van der Waals surface area contributed by atoms with E-state index in [0.717, 1.165) is 42.7 Å². The van der Waals surface area contributed by atoms with E-state index in [1.165, 1.54) is 12.8 Å². The number of carbonyl (C=O) groups excluding carboxylic acids is 1. The molecular formula is C27H40N6O2S. The van der Waals surface area contributed by atoms with Crippen molar-refractivity contribution >= 4 is 35.2 Å². The zero-order valence-electron chi connectivity index (χ0n) is 22.1. The molecule has 1 amide bonds. The Morgan fingerprint density at radius 2 is 1.81 bits per heavy atom. The monoisotopic (exact) mass is 512 g/mol. The van der Waals surface area contributed by atoms with Gasteiger partial charge in [-0.1, -0.05) is 6.07 Å². The predicted octanol–water partition coefficient (Wildman–Crippen LogP) is 4.93. The molecule has 4 N–H and O–H groups in total. The molecule has 1 aromatic carbocycles. The third-order valence-electron chi connectivity index (χ3n) is 6.53. The summed E-state index contributed by atoms with van der Waals surface area (Å²) in [6.45, 7) is 11.8. The van der Waals surface area contributed by atoms with Gasteiger partial charge in [0.1, 0.15) is 5.82 Å². The Balaban J connectivity index is 1.54. The first kappa shape index (κ1) is 26.7. The molecule has 0 bridgehead atoms. The van der Waals surface area contributed by atoms with Gasteiger partial charge in [0.25, 0.3) is 5.91 Å². The zero-order valence-corrected chi connectivity index (χ0v) is 22.9. The Bertz CT molecular complexity index is 1060. The number of piperidine rings is 1. The van der Waals surface area contributed by atoms with Gasteiger partial charge in [-0.25, -0.2) is 9.97 Å². The first-order valence-corrected chi connectivity index (χ1v) is 13.7. The molecule has 0 atom stereocenters. The summed E-state index contributed by atoms with van der Waals surface area (Å²) in [5, 5.41) is 15.9. The van der Waals surface area contributed by atoms with Crippen molar-refractivity contribution in [1.82, 2.24) is 14.7 Å². The van der Waals surface area contributed by atoms with Crippen molar-refractivity contribution in [3.63, 3.8) is 0 Å². The van der Waals surface area contributed by atoms with E-state index in [4.69, 9.17) is 4.98 Å². The Labute approximate surface area is 219 Å². The van der Waals surface area contributed by atoms with E-state index in [0.29, 0.717) is 23.0 Å². The highest BCUT2D eigenvalue weighted by Crippen LogP contribution is 2.42. The summed E-state index contributed by atoms with van der Waals surface area (Å²) in [6, 6.07) is 7.78. The van der Waals surface area contributed by atoms with Crippen molar-refractivity contribution in [3.05, 3.63) is 36.2 Å². The minimum absolute atomic E-state index is 0.0261. The molecule has 2 aliphatic rings. The molecule has 0 unspecified atom stereocenters. The summed E-state index contributed by atoms with van der Waals surface area (Å²) < 4.78 is 3.40. The standard InChI is InChI=1S/C27H40N6O2S/c1-26(2,3)32-36-21-8-6-7-20(15-21)29-25(35)23-24(30-22(16-28-23)31-27(4,5)17-34)33-13-11-19(12-14-33)18-9-10-18/h6-8,15-16,18-19,32,34H,9-14,17H2,1-5H3,(H,29,35)(H,30,31). The molecule has 2 heterocycles. The van der Waals surface area contributed by atoms with E-state index in [-0.39, 0.29) is 18.1 Å². The Morgan fingerprint density at radius 3 is 2.44 bits per heavy atom. The summed E-state index contributed by atoms with van der Waals surface area (Å²) in [4.78, 5) is 26.0. The number of nitrogens with zero attached hydrogens (tertiary/aromatic N) is 3. The smallest absolute Gasteiger partial charge is 0.278 e. The molecule has 1 aromatic heterocycles. The van der Waals surface area contributed by atoms with Gasteiger partial charge in [-0.05, 0) is 102 Å². The van der Waals surface area contributed by atoms with Crippen LogP contribution in [0.25, 0.3) is 0 Å². The average Bonchev–Trinajstić information content (AvgIpc) is 3.68. The Kier molecular flexibility index (Phi) is 8.12. The Morgan fingerprint density at radius 1 is 1.11 bits per heavy atom. The molecule has 1 saturated heterocycles. The van der Waals surface area contributed by atoms with Crippen LogP contribution in [0.15, 0.2) is 35.4 Å². The van der Waals surface area contributed by atoms with Gasteiger partial charge < -0.3 is 20.6 Å². The number of benzene rings is 1. The maximum atomic E-state index is 13.4. The van der Waals surface area contributed by atoms with E-state index in [1.54, 1.807) is 18.1 Å². The van der Waals surface area contributed by atoms with Crippen LogP contribution in [0.1, 0.15) is 70.8 Å². The van der Waals surface area contributed by atoms with Crippen LogP contribution < -0.4 is 20.3 Å². The Hall–Kier alpha value is -2.36. The zero-order chi connectivity index (χ0) is 25.9. The van der Waals surface area contributed by atoms with E-state index in [2.05, 4.69) is 46.0 Å². The number of amides is 1. The van der Waals surface area contributed by atoms with Crippen molar-refractivity contribution in [2.75, 3.05) is 35.2 Å². The van der Waals surface area contributed by atoms with Gasteiger partial charge in [0.2, 0.25) is 0 Å². The lowest BCUT2D eigenvalue weighted by Crippen LogP contribution is -2.38. The fraction of sp³-hybridized carbons (Fsp3) is 0.593. The second kappa shape index (κ2) is 10.9. The highest BCUT2D eigenvalue weighted by atomic mass is 32.2. The summed E-state index contributed by atoms with van der Waals surface area (Å²) in [7, 11) is 0. The van der Waals surface area contributed by atoms with E-state index in [9.17, 15) is 9.90 Å². The third kappa shape index (κ3) is 7.33. The van der Waals surface area contributed by atoms with Crippen molar-refractivity contribution < 1.29 is 9.90 Å². The van der Waals surface area contributed by atoms with Gasteiger partial charge in [-0.15, -0.1) is 0 Å². The lowest BCUT2D eigenvalue weighted by atomic mass is 9.92. The third-order valence-corrected chi connectivity index (χ3v) is 7.73. The molecule has 9 heteroatoms. The number of aliphatic hydroxyl groups is 1. The van der Waals surface area contributed by atoms with E-state index in [1.807, 2.05) is 38.1 Å². The SMILES string of the molecule is CC(C)(C)NSc1cccc(NC(=O)c2ncc(NC(C)(C)CO)nc2N2CCC(C3CC3)CC2)c1. The largest absolute Gasteiger partial charge is 0.394 e. The van der Waals surface area contributed by atoms with E-state index >= 15 is 0 Å². The number of hydrogen-bond acceptors (Lipinski definition) is 8. The van der Waals surface area contributed by atoms with Crippen LogP contribution in [0.2, 0.25) is 0 Å². The maximum absolute atomic E-state index is 13.4.